The molecule has 0 spiro atoms. The van der Waals surface area contributed by atoms with Crippen molar-refractivity contribution in [3.63, 3.8) is 0 Å². The van der Waals surface area contributed by atoms with Crippen LogP contribution in [0.25, 0.3) is 11.0 Å². The van der Waals surface area contributed by atoms with Crippen molar-refractivity contribution in [1.29, 1.82) is 0 Å². The van der Waals surface area contributed by atoms with Crippen molar-refractivity contribution in [3.8, 4) is 0 Å². The van der Waals surface area contributed by atoms with Gasteiger partial charge in [-0.3, -0.25) is 0 Å². The van der Waals surface area contributed by atoms with Crippen LogP contribution in [0.5, 0.6) is 0 Å². The van der Waals surface area contributed by atoms with Gasteiger partial charge in [0.25, 0.3) is 0 Å². The Morgan fingerprint density at radius 3 is 2.67 bits per heavy atom. The summed E-state index contributed by atoms with van der Waals surface area (Å²) in [7, 11) is 0. The molecule has 0 unspecified atom stereocenters. The third-order valence-electron chi connectivity index (χ3n) is 2.54. The van der Waals surface area contributed by atoms with Crippen LogP contribution >= 0.6 is 0 Å². The van der Waals surface area contributed by atoms with Gasteiger partial charge in [0, 0.05) is 0 Å². The van der Waals surface area contributed by atoms with Gasteiger partial charge in [0.2, 0.25) is 0 Å². The highest BCUT2D eigenvalue weighted by Crippen LogP contribution is 2.25. The molecule has 18 heavy (non-hydrogen) atoms. The number of carboxylic acids is 1. The molecule has 4 nitrogen and oxygen atoms in total. The fraction of sp³-hybridized carbons (Fsp3) is 0.273. The monoisotopic (exact) mass is 258 g/mol. The van der Waals surface area contributed by atoms with Gasteiger partial charge in [-0.2, -0.15) is 13.2 Å². The number of rotatable bonds is 2. The van der Waals surface area contributed by atoms with E-state index in [1.165, 1.54) is 25.1 Å². The first-order valence-electron chi connectivity index (χ1n) is 5.05. The molecule has 0 saturated carbocycles. The van der Waals surface area contributed by atoms with Crippen molar-refractivity contribution >= 4 is 17.0 Å². The van der Waals surface area contributed by atoms with Crippen LogP contribution in [0.1, 0.15) is 16.2 Å². The lowest BCUT2D eigenvalue weighted by Crippen LogP contribution is -2.18. The Labute approximate surface area is 99.7 Å². The summed E-state index contributed by atoms with van der Waals surface area (Å²) in [6.45, 7) is 0.232. The Kier molecular flexibility index (Phi) is 2.76. The second-order valence-corrected chi connectivity index (χ2v) is 3.84. The SMILES string of the molecule is Cc1nc2c(C(=O)O)cccc2n1CC(F)(F)F. The molecule has 0 amide bonds. The summed E-state index contributed by atoms with van der Waals surface area (Å²) >= 11 is 0. The Hall–Kier alpha value is -2.05. The predicted molar refractivity (Wildman–Crippen MR) is 57.5 cm³/mol. The van der Waals surface area contributed by atoms with Gasteiger partial charge in [-0.25, -0.2) is 9.78 Å². The second kappa shape index (κ2) is 4.01. The van der Waals surface area contributed by atoms with Crippen molar-refractivity contribution in [2.24, 2.45) is 0 Å². The minimum Gasteiger partial charge on any atom is -0.478 e. The fourth-order valence-electron chi connectivity index (χ4n) is 1.81. The lowest BCUT2D eigenvalue weighted by molar-refractivity contribution is -0.140. The molecule has 0 bridgehead atoms. The van der Waals surface area contributed by atoms with E-state index in [2.05, 4.69) is 4.98 Å². The lowest BCUT2D eigenvalue weighted by atomic mass is 10.2. The van der Waals surface area contributed by atoms with Gasteiger partial charge in [-0.05, 0) is 19.1 Å². The molecule has 1 N–H and O–H groups in total. The Balaban J connectivity index is 2.66. The molecule has 0 atom stereocenters. The van der Waals surface area contributed by atoms with Crippen LogP contribution in [0.15, 0.2) is 18.2 Å². The molecule has 1 aromatic carbocycles. The van der Waals surface area contributed by atoms with Crippen LogP contribution in [0, 0.1) is 6.92 Å². The average Bonchev–Trinajstić information content (AvgIpc) is 2.53. The summed E-state index contributed by atoms with van der Waals surface area (Å²) in [5.41, 5.74) is 0.146. The number of aromatic nitrogens is 2. The highest BCUT2D eigenvalue weighted by molar-refractivity contribution is 6.01. The van der Waals surface area contributed by atoms with Crippen molar-refractivity contribution in [1.82, 2.24) is 9.55 Å². The number of para-hydroxylation sites is 1. The zero-order chi connectivity index (χ0) is 13.5. The first kappa shape index (κ1) is 12.4. The van der Waals surface area contributed by atoms with E-state index in [-0.39, 0.29) is 22.4 Å². The zero-order valence-corrected chi connectivity index (χ0v) is 9.32. The Morgan fingerprint density at radius 2 is 2.11 bits per heavy atom. The smallest absolute Gasteiger partial charge is 0.406 e. The molecule has 0 aliphatic carbocycles. The van der Waals surface area contributed by atoms with Crippen LogP contribution in [0.4, 0.5) is 13.2 Å². The molecule has 2 rings (SSSR count). The minimum absolute atomic E-state index is 0.0757. The number of nitrogens with zero attached hydrogens (tertiary/aromatic N) is 2. The highest BCUT2D eigenvalue weighted by Gasteiger charge is 2.30. The molecule has 0 radical (unpaired) electrons. The number of aryl methyl sites for hydroxylation is 1. The number of hydrogen-bond donors (Lipinski definition) is 1. The molecule has 1 heterocycles. The number of benzene rings is 1. The first-order valence-corrected chi connectivity index (χ1v) is 5.05. The molecule has 0 fully saturated rings. The van der Waals surface area contributed by atoms with E-state index in [9.17, 15) is 18.0 Å². The highest BCUT2D eigenvalue weighted by atomic mass is 19.4. The maximum atomic E-state index is 12.4. The summed E-state index contributed by atoms with van der Waals surface area (Å²) in [4.78, 5) is 14.8. The first-order chi connectivity index (χ1) is 8.29. The minimum atomic E-state index is -4.38. The quantitative estimate of drug-likeness (QED) is 0.900. The number of imidazole rings is 1. The van der Waals surface area contributed by atoms with Crippen molar-refractivity contribution in [3.05, 3.63) is 29.6 Å². The van der Waals surface area contributed by atoms with Gasteiger partial charge in [-0.15, -0.1) is 0 Å². The van der Waals surface area contributed by atoms with Crippen LogP contribution in [0.2, 0.25) is 0 Å². The molecule has 7 heteroatoms. The van der Waals surface area contributed by atoms with Gasteiger partial charge < -0.3 is 9.67 Å². The average molecular weight is 258 g/mol. The molecule has 2 aromatic rings. The number of carboxylic acid groups (broad SMARTS) is 1. The van der Waals surface area contributed by atoms with Crippen molar-refractivity contribution in [2.75, 3.05) is 0 Å². The van der Waals surface area contributed by atoms with Crippen LogP contribution in [-0.4, -0.2) is 26.8 Å². The number of carbonyl (C=O) groups is 1. The molecular weight excluding hydrogens is 249 g/mol. The van der Waals surface area contributed by atoms with Crippen LogP contribution in [0.3, 0.4) is 0 Å². The summed E-state index contributed by atoms with van der Waals surface area (Å²) in [5, 5.41) is 8.94. The molecule has 1 aromatic heterocycles. The maximum Gasteiger partial charge on any atom is 0.406 e. The van der Waals surface area contributed by atoms with Crippen molar-refractivity contribution in [2.45, 2.75) is 19.6 Å². The summed E-state index contributed by atoms with van der Waals surface area (Å²) in [6.07, 6.45) is -4.38. The third kappa shape index (κ3) is 2.15. The predicted octanol–water partition coefficient (Wildman–Crippen LogP) is 2.61. The van der Waals surface area contributed by atoms with Crippen LogP contribution < -0.4 is 0 Å². The third-order valence-corrected chi connectivity index (χ3v) is 2.54. The van der Waals surface area contributed by atoms with E-state index in [0.717, 1.165) is 4.57 Å². The fourth-order valence-corrected chi connectivity index (χ4v) is 1.81. The van der Waals surface area contributed by atoms with Gasteiger partial charge in [0.15, 0.2) is 0 Å². The van der Waals surface area contributed by atoms with E-state index >= 15 is 0 Å². The lowest BCUT2D eigenvalue weighted by Gasteiger charge is -2.10. The number of aromatic carboxylic acids is 1. The Morgan fingerprint density at radius 1 is 1.44 bits per heavy atom. The van der Waals surface area contributed by atoms with E-state index in [1.807, 2.05) is 0 Å². The standard InChI is InChI=1S/C11H9F3N2O2/c1-6-15-9-7(10(17)18)3-2-4-8(9)16(6)5-11(12,13)14/h2-4H,5H2,1H3,(H,17,18). The molecular formula is C11H9F3N2O2. The Bertz CT molecular complexity index is 617. The van der Waals surface area contributed by atoms with Crippen molar-refractivity contribution < 1.29 is 23.1 Å². The number of halogens is 3. The topological polar surface area (TPSA) is 55.1 Å². The van der Waals surface area contributed by atoms with E-state index in [1.54, 1.807) is 0 Å². The van der Waals surface area contributed by atoms with Gasteiger partial charge in [0.05, 0.1) is 11.1 Å². The van der Waals surface area contributed by atoms with E-state index in [0.29, 0.717) is 0 Å². The number of fused-ring (bicyclic) bond motifs is 1. The number of alkyl halides is 3. The molecule has 0 aliphatic heterocycles. The summed E-state index contributed by atoms with van der Waals surface area (Å²) in [6, 6.07) is 4.14. The largest absolute Gasteiger partial charge is 0.478 e. The molecule has 0 saturated heterocycles. The van der Waals surface area contributed by atoms with Gasteiger partial charge in [0.1, 0.15) is 17.9 Å². The normalized spacial score (nSPS) is 12.0. The summed E-state index contributed by atoms with van der Waals surface area (Å²) in [5.74, 6) is -1.08. The van der Waals surface area contributed by atoms with E-state index < -0.39 is 18.7 Å². The zero-order valence-electron chi connectivity index (χ0n) is 9.32. The van der Waals surface area contributed by atoms with Crippen LogP contribution in [-0.2, 0) is 6.54 Å². The van der Waals surface area contributed by atoms with Gasteiger partial charge >= 0.3 is 12.1 Å². The second-order valence-electron chi connectivity index (χ2n) is 3.84. The number of hydrogen-bond acceptors (Lipinski definition) is 2. The molecule has 96 valence electrons. The van der Waals surface area contributed by atoms with E-state index in [4.69, 9.17) is 5.11 Å². The maximum absolute atomic E-state index is 12.4. The summed E-state index contributed by atoms with van der Waals surface area (Å²) < 4.78 is 38.2. The van der Waals surface area contributed by atoms with Gasteiger partial charge in [-0.1, -0.05) is 6.07 Å². The molecule has 0 aliphatic rings.